The summed E-state index contributed by atoms with van der Waals surface area (Å²) in [5.74, 6) is -1.44. The van der Waals surface area contributed by atoms with Gasteiger partial charge in [-0.3, -0.25) is 4.79 Å². The fourth-order valence-corrected chi connectivity index (χ4v) is 4.82. The Balaban J connectivity index is 1.94. The molecule has 0 aromatic carbocycles. The van der Waals surface area contributed by atoms with Crippen LogP contribution in [-0.4, -0.2) is 79.2 Å². The van der Waals surface area contributed by atoms with Crippen molar-refractivity contribution in [3.63, 3.8) is 0 Å². The molecule has 1 amide bonds. The molecule has 2 saturated heterocycles. The monoisotopic (exact) mass is 362 g/mol. The van der Waals surface area contributed by atoms with Crippen molar-refractivity contribution in [2.24, 2.45) is 5.92 Å². The van der Waals surface area contributed by atoms with Gasteiger partial charge in [0.15, 0.2) is 6.04 Å². The number of carbonyl (C=O) groups is 2. The van der Waals surface area contributed by atoms with Gasteiger partial charge in [0.2, 0.25) is 15.9 Å². The predicted molar refractivity (Wildman–Crippen MR) is 86.9 cm³/mol. The van der Waals surface area contributed by atoms with Gasteiger partial charge in [-0.1, -0.05) is 13.3 Å². The average molecular weight is 362 g/mol. The SMILES string of the molecule is CCCCS(=O)(=O)N1CCC(C(=O)N2CCOCC2C(=O)O)CC1. The highest BCUT2D eigenvalue weighted by Crippen LogP contribution is 2.24. The molecule has 24 heavy (non-hydrogen) atoms. The molecule has 2 aliphatic rings. The molecule has 2 fully saturated rings. The third-order valence-electron chi connectivity index (χ3n) is 4.65. The molecule has 2 rings (SSSR count). The predicted octanol–water partition coefficient (Wildman–Crippen LogP) is 0.140. The second kappa shape index (κ2) is 8.26. The molecule has 0 spiro atoms. The number of aliphatic carboxylic acids is 1. The van der Waals surface area contributed by atoms with Gasteiger partial charge in [0, 0.05) is 25.6 Å². The van der Waals surface area contributed by atoms with Crippen LogP contribution in [-0.2, 0) is 24.3 Å². The smallest absolute Gasteiger partial charge is 0.328 e. The van der Waals surface area contributed by atoms with Gasteiger partial charge in [-0.05, 0) is 19.3 Å². The Morgan fingerprint density at radius 1 is 1.21 bits per heavy atom. The molecule has 0 bridgehead atoms. The Morgan fingerprint density at radius 3 is 2.46 bits per heavy atom. The zero-order valence-electron chi connectivity index (χ0n) is 14.0. The van der Waals surface area contributed by atoms with Gasteiger partial charge in [0.25, 0.3) is 0 Å². The van der Waals surface area contributed by atoms with Gasteiger partial charge in [0.05, 0.1) is 19.0 Å². The highest BCUT2D eigenvalue weighted by Gasteiger charge is 2.38. The summed E-state index contributed by atoms with van der Waals surface area (Å²) in [6, 6.07) is -0.947. The normalized spacial score (nSPS) is 24.0. The number of carbonyl (C=O) groups excluding carboxylic acids is 1. The fraction of sp³-hybridized carbons (Fsp3) is 0.867. The summed E-state index contributed by atoms with van der Waals surface area (Å²) < 4.78 is 31.0. The number of unbranched alkanes of at least 4 members (excludes halogenated alkanes) is 1. The Morgan fingerprint density at radius 2 is 1.88 bits per heavy atom. The Kier molecular flexibility index (Phi) is 6.59. The maximum absolute atomic E-state index is 12.6. The lowest BCUT2D eigenvalue weighted by atomic mass is 9.95. The minimum atomic E-state index is -3.25. The number of morpholine rings is 1. The van der Waals surface area contributed by atoms with Crippen molar-refractivity contribution in [3.8, 4) is 0 Å². The van der Waals surface area contributed by atoms with E-state index in [2.05, 4.69) is 0 Å². The van der Waals surface area contributed by atoms with E-state index in [-0.39, 0.29) is 30.7 Å². The molecule has 2 aliphatic heterocycles. The summed E-state index contributed by atoms with van der Waals surface area (Å²) in [6.45, 7) is 3.20. The number of hydrogen-bond donors (Lipinski definition) is 1. The van der Waals surface area contributed by atoms with E-state index in [4.69, 9.17) is 4.74 Å². The maximum atomic E-state index is 12.6. The van der Waals surface area contributed by atoms with Crippen molar-refractivity contribution >= 4 is 21.9 Å². The molecule has 0 radical (unpaired) electrons. The zero-order valence-corrected chi connectivity index (χ0v) is 14.8. The largest absolute Gasteiger partial charge is 0.480 e. The number of rotatable bonds is 6. The molecule has 1 unspecified atom stereocenters. The van der Waals surface area contributed by atoms with Crippen molar-refractivity contribution in [1.82, 2.24) is 9.21 Å². The molecule has 9 heteroatoms. The first-order valence-corrected chi connectivity index (χ1v) is 10.1. The van der Waals surface area contributed by atoms with E-state index in [0.29, 0.717) is 39.0 Å². The number of piperidine rings is 1. The van der Waals surface area contributed by atoms with E-state index in [1.165, 1.54) is 9.21 Å². The Hall–Kier alpha value is -1.19. The first-order valence-electron chi connectivity index (χ1n) is 8.45. The molecule has 138 valence electrons. The third kappa shape index (κ3) is 4.46. The van der Waals surface area contributed by atoms with Crippen LogP contribution in [0.1, 0.15) is 32.6 Å². The Labute approximate surface area is 142 Å². The lowest BCUT2D eigenvalue weighted by Crippen LogP contribution is -2.55. The number of sulfonamides is 1. The van der Waals surface area contributed by atoms with E-state index in [0.717, 1.165) is 6.42 Å². The summed E-state index contributed by atoms with van der Waals surface area (Å²) in [6.07, 6.45) is 2.33. The molecule has 0 aliphatic carbocycles. The molecule has 0 saturated carbocycles. The van der Waals surface area contributed by atoms with E-state index in [1.54, 1.807) is 0 Å². The van der Waals surface area contributed by atoms with E-state index < -0.39 is 22.0 Å². The van der Waals surface area contributed by atoms with Crippen molar-refractivity contribution in [2.75, 3.05) is 38.6 Å². The van der Waals surface area contributed by atoms with Gasteiger partial charge in [-0.15, -0.1) is 0 Å². The molecular formula is C15H26N2O6S. The van der Waals surface area contributed by atoms with Gasteiger partial charge < -0.3 is 14.7 Å². The van der Waals surface area contributed by atoms with Crippen LogP contribution in [0, 0.1) is 5.92 Å². The topological polar surface area (TPSA) is 104 Å². The minimum Gasteiger partial charge on any atom is -0.480 e. The molecule has 0 aromatic rings. The number of amides is 1. The summed E-state index contributed by atoms with van der Waals surface area (Å²) >= 11 is 0. The van der Waals surface area contributed by atoms with Crippen LogP contribution in [0.3, 0.4) is 0 Å². The standard InChI is InChI=1S/C15H26N2O6S/c1-2-3-10-24(21,22)16-6-4-12(5-7-16)14(18)17-8-9-23-11-13(17)15(19)20/h12-13H,2-11H2,1H3,(H,19,20). The van der Waals surface area contributed by atoms with Gasteiger partial charge in [-0.2, -0.15) is 0 Å². The second-order valence-electron chi connectivity index (χ2n) is 6.30. The van der Waals surface area contributed by atoms with E-state index >= 15 is 0 Å². The highest BCUT2D eigenvalue weighted by atomic mass is 32.2. The summed E-state index contributed by atoms with van der Waals surface area (Å²) in [4.78, 5) is 25.3. The number of nitrogens with zero attached hydrogens (tertiary/aromatic N) is 2. The summed E-state index contributed by atoms with van der Waals surface area (Å²) in [7, 11) is -3.25. The lowest BCUT2D eigenvalue weighted by Gasteiger charge is -2.37. The molecule has 1 atom stereocenters. The van der Waals surface area contributed by atoms with E-state index in [9.17, 15) is 23.1 Å². The number of carboxylic acid groups (broad SMARTS) is 1. The van der Waals surface area contributed by atoms with Crippen LogP contribution in [0.25, 0.3) is 0 Å². The maximum Gasteiger partial charge on any atom is 0.328 e. The van der Waals surface area contributed by atoms with Crippen LogP contribution in [0.4, 0.5) is 0 Å². The molecule has 8 nitrogen and oxygen atoms in total. The fourth-order valence-electron chi connectivity index (χ4n) is 3.14. The number of carboxylic acids is 1. The molecular weight excluding hydrogens is 336 g/mol. The minimum absolute atomic E-state index is 0.00527. The summed E-state index contributed by atoms with van der Waals surface area (Å²) in [5, 5.41) is 9.23. The summed E-state index contributed by atoms with van der Waals surface area (Å²) in [5.41, 5.74) is 0. The molecule has 2 heterocycles. The van der Waals surface area contributed by atoms with Crippen LogP contribution in [0.15, 0.2) is 0 Å². The number of hydrogen-bond acceptors (Lipinski definition) is 5. The Bertz CT molecular complexity index is 556. The van der Waals surface area contributed by atoms with Crippen LogP contribution in [0.2, 0.25) is 0 Å². The highest BCUT2D eigenvalue weighted by molar-refractivity contribution is 7.89. The van der Waals surface area contributed by atoms with Gasteiger partial charge in [0.1, 0.15) is 0 Å². The van der Waals surface area contributed by atoms with Gasteiger partial charge in [-0.25, -0.2) is 17.5 Å². The van der Waals surface area contributed by atoms with Crippen molar-refractivity contribution in [3.05, 3.63) is 0 Å². The van der Waals surface area contributed by atoms with Crippen molar-refractivity contribution in [1.29, 1.82) is 0 Å². The average Bonchev–Trinajstić information content (AvgIpc) is 2.59. The zero-order chi connectivity index (χ0) is 17.7. The lowest BCUT2D eigenvalue weighted by molar-refractivity contribution is -0.160. The van der Waals surface area contributed by atoms with Crippen LogP contribution < -0.4 is 0 Å². The van der Waals surface area contributed by atoms with Crippen LogP contribution >= 0.6 is 0 Å². The molecule has 0 aromatic heterocycles. The first-order chi connectivity index (χ1) is 11.4. The number of ether oxygens (including phenoxy) is 1. The van der Waals surface area contributed by atoms with Crippen molar-refractivity contribution in [2.45, 2.75) is 38.6 Å². The quantitative estimate of drug-likeness (QED) is 0.721. The van der Waals surface area contributed by atoms with Gasteiger partial charge >= 0.3 is 5.97 Å². The van der Waals surface area contributed by atoms with Crippen LogP contribution in [0.5, 0.6) is 0 Å². The second-order valence-corrected chi connectivity index (χ2v) is 8.39. The first kappa shape index (κ1) is 19.1. The van der Waals surface area contributed by atoms with Crippen molar-refractivity contribution < 1.29 is 27.9 Å². The van der Waals surface area contributed by atoms with E-state index in [1.807, 2.05) is 6.92 Å². The third-order valence-corrected chi connectivity index (χ3v) is 6.61. The molecule has 1 N–H and O–H groups in total.